The highest BCUT2D eigenvalue weighted by molar-refractivity contribution is 6.03. The molecule has 1 aliphatic carbocycles. The van der Waals surface area contributed by atoms with E-state index in [1.807, 2.05) is 12.2 Å². The first kappa shape index (κ1) is 14.1. The van der Waals surface area contributed by atoms with Gasteiger partial charge in [-0.15, -0.1) is 0 Å². The molecule has 0 radical (unpaired) electrons. The van der Waals surface area contributed by atoms with Crippen LogP contribution in [0.1, 0.15) is 39.5 Å². The number of rotatable bonds is 6. The molecule has 0 saturated carbocycles. The molecule has 0 N–H and O–H groups in total. The van der Waals surface area contributed by atoms with Gasteiger partial charge < -0.3 is 9.47 Å². The summed E-state index contributed by atoms with van der Waals surface area (Å²) in [4.78, 5) is 24.5. The van der Waals surface area contributed by atoms with Gasteiger partial charge in [0, 0.05) is 11.8 Å². The highest BCUT2D eigenvalue weighted by atomic mass is 16.6. The third-order valence-corrected chi connectivity index (χ3v) is 4.21. The van der Waals surface area contributed by atoms with Gasteiger partial charge >= 0.3 is 11.9 Å². The third kappa shape index (κ3) is 2.17. The molecule has 19 heavy (non-hydrogen) atoms. The highest BCUT2D eigenvalue weighted by Gasteiger charge is 2.64. The molecule has 106 valence electrons. The van der Waals surface area contributed by atoms with E-state index in [2.05, 4.69) is 6.92 Å². The molecule has 0 bridgehead atoms. The quantitative estimate of drug-likeness (QED) is 0.321. The van der Waals surface area contributed by atoms with E-state index in [4.69, 9.17) is 9.47 Å². The maximum absolute atomic E-state index is 12.3. The zero-order valence-electron chi connectivity index (χ0n) is 11.7. The van der Waals surface area contributed by atoms with Gasteiger partial charge in [0.1, 0.15) is 0 Å². The van der Waals surface area contributed by atoms with Crippen molar-refractivity contribution in [2.24, 2.45) is 17.3 Å². The Labute approximate surface area is 114 Å². The van der Waals surface area contributed by atoms with E-state index >= 15 is 0 Å². The van der Waals surface area contributed by atoms with Crippen molar-refractivity contribution < 1.29 is 19.1 Å². The molecular weight excluding hydrogens is 244 g/mol. The van der Waals surface area contributed by atoms with E-state index in [-0.39, 0.29) is 11.8 Å². The van der Waals surface area contributed by atoms with Crippen LogP contribution < -0.4 is 0 Å². The predicted octanol–water partition coefficient (Wildman–Crippen LogP) is 2.48. The second kappa shape index (κ2) is 5.76. The van der Waals surface area contributed by atoms with Crippen molar-refractivity contribution in [3.05, 3.63) is 12.2 Å². The number of hydrogen-bond donors (Lipinski definition) is 0. The van der Waals surface area contributed by atoms with E-state index in [0.29, 0.717) is 13.2 Å². The Hall–Kier alpha value is -1.32. The van der Waals surface area contributed by atoms with E-state index in [9.17, 15) is 9.59 Å². The standard InChI is InChI=1S/C15H22O4/c1-3-5-6-7-11-8-9-12-10-19-14(17)15(11,12)13(16)18-4-2/h8-9,11-12H,3-7,10H2,1-2H3/t11-,12-,15-/m0/s1. The summed E-state index contributed by atoms with van der Waals surface area (Å²) in [5.41, 5.74) is -1.09. The van der Waals surface area contributed by atoms with Crippen LogP contribution in [0.4, 0.5) is 0 Å². The number of carbonyl (C=O) groups is 2. The number of fused-ring (bicyclic) bond motifs is 1. The van der Waals surface area contributed by atoms with E-state index < -0.39 is 17.4 Å². The summed E-state index contributed by atoms with van der Waals surface area (Å²) in [6.45, 7) is 4.50. The maximum atomic E-state index is 12.3. The number of hydrogen-bond acceptors (Lipinski definition) is 4. The van der Waals surface area contributed by atoms with Crippen LogP contribution in [-0.2, 0) is 19.1 Å². The van der Waals surface area contributed by atoms with Gasteiger partial charge in [-0.25, -0.2) is 0 Å². The average Bonchev–Trinajstić information content (AvgIpc) is 2.91. The minimum absolute atomic E-state index is 0.0712. The molecule has 1 heterocycles. The Bertz CT molecular complexity index is 388. The summed E-state index contributed by atoms with van der Waals surface area (Å²) in [6.07, 6.45) is 8.07. The van der Waals surface area contributed by atoms with E-state index in [1.165, 1.54) is 0 Å². The first-order valence-corrected chi connectivity index (χ1v) is 7.20. The minimum atomic E-state index is -1.09. The molecule has 0 amide bonds. The molecule has 0 aromatic rings. The van der Waals surface area contributed by atoms with Gasteiger partial charge in [0.15, 0.2) is 5.41 Å². The fourth-order valence-electron chi connectivity index (χ4n) is 3.20. The normalized spacial score (nSPS) is 32.2. The summed E-state index contributed by atoms with van der Waals surface area (Å²) in [7, 11) is 0. The molecule has 0 spiro atoms. The Morgan fingerprint density at radius 3 is 2.89 bits per heavy atom. The van der Waals surface area contributed by atoms with Gasteiger partial charge in [-0.05, 0) is 13.3 Å². The van der Waals surface area contributed by atoms with Gasteiger partial charge in [-0.2, -0.15) is 0 Å². The summed E-state index contributed by atoms with van der Waals surface area (Å²) >= 11 is 0. The summed E-state index contributed by atoms with van der Waals surface area (Å²) in [6, 6.07) is 0. The SMILES string of the molecule is CCCCC[C@H]1C=C[C@H]2COC(=O)[C@@]12C(=O)OCC. The van der Waals surface area contributed by atoms with Crippen molar-refractivity contribution in [2.75, 3.05) is 13.2 Å². The highest BCUT2D eigenvalue weighted by Crippen LogP contribution is 2.51. The van der Waals surface area contributed by atoms with E-state index in [0.717, 1.165) is 25.7 Å². The first-order chi connectivity index (χ1) is 9.17. The maximum Gasteiger partial charge on any atom is 0.324 e. The average molecular weight is 266 g/mol. The fourth-order valence-corrected chi connectivity index (χ4v) is 3.20. The molecule has 2 aliphatic rings. The molecule has 2 rings (SSSR count). The lowest BCUT2D eigenvalue weighted by Crippen LogP contribution is -2.45. The van der Waals surface area contributed by atoms with Crippen LogP contribution in [0, 0.1) is 17.3 Å². The predicted molar refractivity (Wildman–Crippen MR) is 70.3 cm³/mol. The van der Waals surface area contributed by atoms with Crippen molar-refractivity contribution >= 4 is 11.9 Å². The fraction of sp³-hybridized carbons (Fsp3) is 0.733. The van der Waals surface area contributed by atoms with Crippen LogP contribution in [0.3, 0.4) is 0 Å². The topological polar surface area (TPSA) is 52.6 Å². The summed E-state index contributed by atoms with van der Waals surface area (Å²) in [5.74, 6) is -1.03. The zero-order chi connectivity index (χ0) is 13.9. The van der Waals surface area contributed by atoms with Gasteiger partial charge in [-0.3, -0.25) is 9.59 Å². The Kier molecular flexibility index (Phi) is 4.27. The number of carbonyl (C=O) groups excluding carboxylic acids is 2. The van der Waals surface area contributed by atoms with Gasteiger partial charge in [0.25, 0.3) is 0 Å². The molecular formula is C15H22O4. The molecule has 1 fully saturated rings. The molecule has 1 saturated heterocycles. The Balaban J connectivity index is 2.20. The van der Waals surface area contributed by atoms with Crippen molar-refractivity contribution in [1.29, 1.82) is 0 Å². The summed E-state index contributed by atoms with van der Waals surface area (Å²) in [5, 5.41) is 0. The molecule has 4 heteroatoms. The molecule has 0 unspecified atom stereocenters. The lowest BCUT2D eigenvalue weighted by molar-refractivity contribution is -0.168. The number of allylic oxidation sites excluding steroid dienone is 1. The molecule has 1 aliphatic heterocycles. The van der Waals surface area contributed by atoms with Crippen molar-refractivity contribution in [3.8, 4) is 0 Å². The second-order valence-electron chi connectivity index (χ2n) is 5.28. The van der Waals surface area contributed by atoms with Crippen LogP contribution >= 0.6 is 0 Å². The lowest BCUT2D eigenvalue weighted by atomic mass is 9.71. The van der Waals surface area contributed by atoms with Crippen molar-refractivity contribution in [2.45, 2.75) is 39.5 Å². The van der Waals surface area contributed by atoms with Crippen LogP contribution in [0.15, 0.2) is 12.2 Å². The Morgan fingerprint density at radius 2 is 2.21 bits per heavy atom. The van der Waals surface area contributed by atoms with Crippen LogP contribution in [0.5, 0.6) is 0 Å². The smallest absolute Gasteiger partial charge is 0.324 e. The summed E-state index contributed by atoms with van der Waals surface area (Å²) < 4.78 is 10.3. The molecule has 3 atom stereocenters. The number of esters is 2. The molecule has 0 aromatic heterocycles. The zero-order valence-corrected chi connectivity index (χ0v) is 11.7. The monoisotopic (exact) mass is 266 g/mol. The van der Waals surface area contributed by atoms with Crippen molar-refractivity contribution in [1.82, 2.24) is 0 Å². The number of ether oxygens (including phenoxy) is 2. The minimum Gasteiger partial charge on any atom is -0.465 e. The number of unbranched alkanes of at least 4 members (excludes halogenated alkanes) is 2. The molecule has 4 nitrogen and oxygen atoms in total. The second-order valence-corrected chi connectivity index (χ2v) is 5.28. The number of cyclic esters (lactones) is 1. The largest absolute Gasteiger partial charge is 0.465 e. The third-order valence-electron chi connectivity index (χ3n) is 4.21. The van der Waals surface area contributed by atoms with Crippen LogP contribution in [0.25, 0.3) is 0 Å². The van der Waals surface area contributed by atoms with Gasteiger partial charge in [-0.1, -0.05) is 38.3 Å². The molecule has 0 aromatic carbocycles. The van der Waals surface area contributed by atoms with Crippen LogP contribution in [0.2, 0.25) is 0 Å². The van der Waals surface area contributed by atoms with E-state index in [1.54, 1.807) is 6.92 Å². The van der Waals surface area contributed by atoms with Gasteiger partial charge in [0.05, 0.1) is 13.2 Å². The van der Waals surface area contributed by atoms with Gasteiger partial charge in [0.2, 0.25) is 0 Å². The Morgan fingerprint density at radius 1 is 1.42 bits per heavy atom. The first-order valence-electron chi connectivity index (χ1n) is 7.20. The van der Waals surface area contributed by atoms with Crippen LogP contribution in [-0.4, -0.2) is 25.2 Å². The lowest BCUT2D eigenvalue weighted by Gasteiger charge is -2.29. The van der Waals surface area contributed by atoms with Crippen molar-refractivity contribution in [3.63, 3.8) is 0 Å².